The van der Waals surface area contributed by atoms with E-state index in [4.69, 9.17) is 4.74 Å². The van der Waals surface area contributed by atoms with E-state index in [1.807, 2.05) is 13.0 Å². The molecule has 110 valence electrons. The highest BCUT2D eigenvalue weighted by molar-refractivity contribution is 5.99. The van der Waals surface area contributed by atoms with Gasteiger partial charge >= 0.3 is 0 Å². The van der Waals surface area contributed by atoms with Crippen molar-refractivity contribution < 1.29 is 14.3 Å². The van der Waals surface area contributed by atoms with Gasteiger partial charge in [0.1, 0.15) is 5.69 Å². The number of aromatic nitrogens is 2. The summed E-state index contributed by atoms with van der Waals surface area (Å²) in [5.41, 5.74) is 1.63. The van der Waals surface area contributed by atoms with Crippen LogP contribution in [0.15, 0.2) is 30.6 Å². The molecule has 0 fully saturated rings. The van der Waals surface area contributed by atoms with Crippen LogP contribution in [-0.2, 0) is 6.54 Å². The fraction of sp³-hybridized carbons (Fsp3) is 0.267. The van der Waals surface area contributed by atoms with Crippen molar-refractivity contribution in [2.45, 2.75) is 20.4 Å². The summed E-state index contributed by atoms with van der Waals surface area (Å²) >= 11 is 0. The number of H-pyrrole nitrogens is 1. The number of hydrogen-bond acceptors (Lipinski definition) is 4. The summed E-state index contributed by atoms with van der Waals surface area (Å²) in [6, 6.07) is 5.16. The van der Waals surface area contributed by atoms with Gasteiger partial charge in [0, 0.05) is 30.1 Å². The molecular weight excluding hydrogens is 270 g/mol. The first kappa shape index (κ1) is 14.8. The number of amides is 1. The summed E-state index contributed by atoms with van der Waals surface area (Å²) in [6.45, 7) is 4.14. The maximum Gasteiger partial charge on any atom is 0.267 e. The maximum absolute atomic E-state index is 12.0. The van der Waals surface area contributed by atoms with Gasteiger partial charge in [0.05, 0.1) is 6.61 Å². The monoisotopic (exact) mass is 287 g/mol. The topological polar surface area (TPSA) is 84.1 Å². The van der Waals surface area contributed by atoms with Gasteiger partial charge < -0.3 is 15.0 Å². The van der Waals surface area contributed by atoms with Crippen LogP contribution in [0.4, 0.5) is 0 Å². The van der Waals surface area contributed by atoms with Gasteiger partial charge in [0.25, 0.3) is 5.91 Å². The number of carbonyl (C=O) groups excluding carboxylic acids is 2. The Bertz CT molecular complexity index is 649. The molecule has 0 aromatic carbocycles. The van der Waals surface area contributed by atoms with E-state index in [2.05, 4.69) is 15.3 Å². The van der Waals surface area contributed by atoms with Crippen molar-refractivity contribution in [1.82, 2.24) is 15.3 Å². The summed E-state index contributed by atoms with van der Waals surface area (Å²) in [4.78, 5) is 30.1. The van der Waals surface area contributed by atoms with Gasteiger partial charge in [-0.05, 0) is 26.0 Å². The molecule has 0 spiro atoms. The van der Waals surface area contributed by atoms with Crippen LogP contribution in [-0.4, -0.2) is 28.3 Å². The van der Waals surface area contributed by atoms with E-state index in [1.54, 1.807) is 12.3 Å². The fourth-order valence-electron chi connectivity index (χ4n) is 1.82. The van der Waals surface area contributed by atoms with Gasteiger partial charge in [-0.25, -0.2) is 4.98 Å². The Labute approximate surface area is 122 Å². The molecule has 0 aliphatic heterocycles. The number of Topliss-reactive ketones (excluding diaryl/α,β-unsaturated/α-hetero) is 1. The van der Waals surface area contributed by atoms with Gasteiger partial charge in [0.2, 0.25) is 5.88 Å². The Kier molecular flexibility index (Phi) is 4.71. The SMILES string of the molecule is CCOc1ncccc1CNC(=O)c1cc(C(C)=O)c[nH]1. The molecule has 0 aliphatic rings. The molecule has 1 amide bonds. The van der Waals surface area contributed by atoms with Crippen molar-refractivity contribution in [2.24, 2.45) is 0 Å². The number of ether oxygens (including phenoxy) is 1. The first-order chi connectivity index (χ1) is 10.1. The summed E-state index contributed by atoms with van der Waals surface area (Å²) < 4.78 is 5.40. The number of rotatable bonds is 6. The van der Waals surface area contributed by atoms with Crippen LogP contribution in [0.2, 0.25) is 0 Å². The van der Waals surface area contributed by atoms with Crippen molar-refractivity contribution in [3.05, 3.63) is 47.4 Å². The number of aromatic amines is 1. The van der Waals surface area contributed by atoms with Gasteiger partial charge in [-0.1, -0.05) is 6.07 Å². The molecule has 2 aromatic heterocycles. The summed E-state index contributed by atoms with van der Waals surface area (Å²) in [6.07, 6.45) is 3.16. The van der Waals surface area contributed by atoms with E-state index >= 15 is 0 Å². The molecule has 0 saturated carbocycles. The number of nitrogens with one attached hydrogen (secondary N) is 2. The van der Waals surface area contributed by atoms with Crippen LogP contribution in [0.3, 0.4) is 0 Å². The Hall–Kier alpha value is -2.63. The van der Waals surface area contributed by atoms with E-state index in [1.165, 1.54) is 19.2 Å². The van der Waals surface area contributed by atoms with E-state index < -0.39 is 0 Å². The lowest BCUT2D eigenvalue weighted by atomic mass is 10.2. The first-order valence-electron chi connectivity index (χ1n) is 6.66. The van der Waals surface area contributed by atoms with Crippen molar-refractivity contribution in [1.29, 1.82) is 0 Å². The third kappa shape index (κ3) is 3.68. The second-order valence-electron chi connectivity index (χ2n) is 4.44. The summed E-state index contributed by atoms with van der Waals surface area (Å²) in [7, 11) is 0. The van der Waals surface area contributed by atoms with Crippen LogP contribution in [0.25, 0.3) is 0 Å². The highest BCUT2D eigenvalue weighted by atomic mass is 16.5. The molecule has 0 radical (unpaired) electrons. The molecule has 0 unspecified atom stereocenters. The second-order valence-corrected chi connectivity index (χ2v) is 4.44. The van der Waals surface area contributed by atoms with E-state index in [0.717, 1.165) is 5.56 Å². The van der Waals surface area contributed by atoms with Crippen molar-refractivity contribution >= 4 is 11.7 Å². The lowest BCUT2D eigenvalue weighted by Gasteiger charge is -2.09. The standard InChI is InChI=1S/C15H17N3O3/c1-3-21-15-11(5-4-6-16-15)8-18-14(20)13-7-12(9-17-13)10(2)19/h4-7,9,17H,3,8H2,1-2H3,(H,18,20). The highest BCUT2D eigenvalue weighted by Crippen LogP contribution is 2.14. The normalized spacial score (nSPS) is 10.2. The number of pyridine rings is 1. The molecule has 2 rings (SSSR count). The van der Waals surface area contributed by atoms with Crippen LogP contribution >= 0.6 is 0 Å². The summed E-state index contributed by atoms with van der Waals surface area (Å²) in [5.74, 6) is 0.140. The molecule has 6 heteroatoms. The molecule has 2 heterocycles. The number of hydrogen-bond donors (Lipinski definition) is 2. The van der Waals surface area contributed by atoms with Crippen LogP contribution < -0.4 is 10.1 Å². The molecular formula is C15H17N3O3. The van der Waals surface area contributed by atoms with E-state index in [9.17, 15) is 9.59 Å². The van der Waals surface area contributed by atoms with Crippen LogP contribution in [0.5, 0.6) is 5.88 Å². The average molecular weight is 287 g/mol. The molecule has 0 saturated heterocycles. The lowest BCUT2D eigenvalue weighted by molar-refractivity contribution is 0.0946. The quantitative estimate of drug-likeness (QED) is 0.795. The zero-order valence-electron chi connectivity index (χ0n) is 12.0. The second kappa shape index (κ2) is 6.69. The fourth-order valence-corrected chi connectivity index (χ4v) is 1.82. The van der Waals surface area contributed by atoms with Gasteiger partial charge in [-0.3, -0.25) is 9.59 Å². The summed E-state index contributed by atoms with van der Waals surface area (Å²) in [5, 5.41) is 2.76. The van der Waals surface area contributed by atoms with Crippen molar-refractivity contribution in [3.63, 3.8) is 0 Å². The Morgan fingerprint density at radius 3 is 2.90 bits per heavy atom. The smallest absolute Gasteiger partial charge is 0.267 e. The van der Waals surface area contributed by atoms with E-state index in [0.29, 0.717) is 30.3 Å². The Balaban J connectivity index is 2.02. The number of ketones is 1. The Morgan fingerprint density at radius 2 is 2.24 bits per heavy atom. The highest BCUT2D eigenvalue weighted by Gasteiger charge is 2.11. The predicted molar refractivity (Wildman–Crippen MR) is 77.4 cm³/mol. The number of carbonyl (C=O) groups is 2. The zero-order chi connectivity index (χ0) is 15.2. The first-order valence-corrected chi connectivity index (χ1v) is 6.66. The maximum atomic E-state index is 12.0. The molecule has 21 heavy (non-hydrogen) atoms. The number of nitrogens with zero attached hydrogens (tertiary/aromatic N) is 1. The van der Waals surface area contributed by atoms with Gasteiger partial charge in [-0.15, -0.1) is 0 Å². The van der Waals surface area contributed by atoms with Gasteiger partial charge in [-0.2, -0.15) is 0 Å². The molecule has 0 bridgehead atoms. The van der Waals surface area contributed by atoms with Crippen LogP contribution in [0.1, 0.15) is 40.3 Å². The molecule has 2 aromatic rings. The molecule has 0 atom stereocenters. The minimum absolute atomic E-state index is 0.0869. The minimum Gasteiger partial charge on any atom is -0.478 e. The lowest BCUT2D eigenvalue weighted by Crippen LogP contribution is -2.23. The van der Waals surface area contributed by atoms with Crippen LogP contribution in [0, 0.1) is 0 Å². The molecule has 0 aliphatic carbocycles. The third-order valence-corrected chi connectivity index (χ3v) is 2.90. The van der Waals surface area contributed by atoms with Gasteiger partial charge in [0.15, 0.2) is 5.78 Å². The van der Waals surface area contributed by atoms with E-state index in [-0.39, 0.29) is 11.7 Å². The predicted octanol–water partition coefficient (Wildman–Crippen LogP) is 1.94. The zero-order valence-corrected chi connectivity index (χ0v) is 12.0. The van der Waals surface area contributed by atoms with Crippen molar-refractivity contribution in [2.75, 3.05) is 6.61 Å². The van der Waals surface area contributed by atoms with Crippen molar-refractivity contribution in [3.8, 4) is 5.88 Å². The largest absolute Gasteiger partial charge is 0.478 e. The average Bonchev–Trinajstić information content (AvgIpc) is 2.96. The molecule has 2 N–H and O–H groups in total. The third-order valence-electron chi connectivity index (χ3n) is 2.90. The minimum atomic E-state index is -0.284. The Morgan fingerprint density at radius 1 is 1.43 bits per heavy atom. The molecule has 6 nitrogen and oxygen atoms in total.